The van der Waals surface area contributed by atoms with Gasteiger partial charge in [0.2, 0.25) is 35.7 Å². The van der Waals surface area contributed by atoms with Crippen LogP contribution >= 0.6 is 0 Å². The number of aromatic nitrogens is 10. The van der Waals surface area contributed by atoms with E-state index in [9.17, 15) is 38.4 Å². The quantitative estimate of drug-likeness (QED) is 0.0419. The molecule has 0 fully saturated rings. The molecule has 7 rings (SSSR count). The molecule has 25 nitrogen and oxygen atoms in total. The molecule has 2 amide bonds. The van der Waals surface area contributed by atoms with Crippen molar-refractivity contribution in [3.8, 4) is 11.9 Å². The Balaban J connectivity index is 1.14. The molecule has 0 unspecified atom stereocenters. The van der Waals surface area contributed by atoms with Crippen LogP contribution in [-0.4, -0.2) is 117 Å². The zero-order valence-corrected chi connectivity index (χ0v) is 41.6. The predicted octanol–water partition coefficient (Wildman–Crippen LogP) is 2.37. The number of hydrogen-bond acceptors (Lipinski definition) is 19. The van der Waals surface area contributed by atoms with Gasteiger partial charge in [-0.15, -0.1) is 0 Å². The second kappa shape index (κ2) is 24.2. The zero-order chi connectivity index (χ0) is 53.6. The number of carbonyl (C=O) groups excluding carboxylic acids is 4. The van der Waals surface area contributed by atoms with Crippen molar-refractivity contribution in [3.63, 3.8) is 0 Å². The number of benzene rings is 3. The Morgan fingerprint density at radius 1 is 0.480 bits per heavy atom. The average Bonchev–Trinajstić information content (AvgIpc) is 3.40. The summed E-state index contributed by atoms with van der Waals surface area (Å²) in [6.45, 7) is 7.63. The van der Waals surface area contributed by atoms with Crippen molar-refractivity contribution in [3.05, 3.63) is 173 Å². The summed E-state index contributed by atoms with van der Waals surface area (Å²) in [6, 6.07) is 25.1. The highest BCUT2D eigenvalue weighted by Gasteiger charge is 2.21. The van der Waals surface area contributed by atoms with Gasteiger partial charge in [-0.25, -0.2) is 23.5 Å². The van der Waals surface area contributed by atoms with Crippen molar-refractivity contribution in [1.29, 1.82) is 0 Å². The average molecular weight is 1020 g/mol. The maximum absolute atomic E-state index is 14.0. The van der Waals surface area contributed by atoms with Crippen molar-refractivity contribution >= 4 is 47.4 Å². The first-order chi connectivity index (χ1) is 35.9. The Labute approximate surface area is 427 Å². The Morgan fingerprint density at radius 3 is 1.20 bits per heavy atom. The summed E-state index contributed by atoms with van der Waals surface area (Å²) in [5.74, 6) is -1.81. The third-order valence-electron chi connectivity index (χ3n) is 10.7. The van der Waals surface area contributed by atoms with Crippen LogP contribution in [-0.2, 0) is 17.8 Å². The number of amides is 2. The lowest BCUT2D eigenvalue weighted by molar-refractivity contribution is 0.0529. The van der Waals surface area contributed by atoms with Gasteiger partial charge in [0, 0.05) is 79.5 Å². The standard InChI is InChI=1S/C50H54N16O9/c1-31-27-65(48(73)63(39(31)70)29-36(67)33-15-9-6-10-16-33)45-59-41(52-22-21-51-38(69)35-19-13-8-14-20-35)57-42(60-45)53-23-24-54-43-58-44(55-25-26-56-47(72)75-50(3,4)5)62-46(61-43)66-28-32(2)40(71)64(49(66)74)30-37(68)34-17-11-7-12-18-34/h6-20,27-28H,21-26,29-30H2,1-5H3,(H,51,69)(H,56,72)(H2,52,53,57,59,60)(H2,54,55,58,61,62). The second-order valence-electron chi connectivity index (χ2n) is 17.6. The zero-order valence-electron chi connectivity index (χ0n) is 41.6. The highest BCUT2D eigenvalue weighted by atomic mass is 16.6. The van der Waals surface area contributed by atoms with Gasteiger partial charge in [0.15, 0.2) is 11.6 Å². The molecule has 3 aromatic carbocycles. The fourth-order valence-corrected chi connectivity index (χ4v) is 7.06. The number of ether oxygens (including phenoxy) is 1. The molecule has 7 aromatic rings. The normalized spacial score (nSPS) is 11.1. The number of rotatable bonds is 22. The molecule has 25 heteroatoms. The molecular weight excluding hydrogens is 969 g/mol. The molecule has 0 spiro atoms. The van der Waals surface area contributed by atoms with Gasteiger partial charge in [-0.3, -0.25) is 33.1 Å². The van der Waals surface area contributed by atoms with Crippen LogP contribution in [0.2, 0.25) is 0 Å². The molecule has 388 valence electrons. The van der Waals surface area contributed by atoms with Crippen molar-refractivity contribution in [1.82, 2.24) is 58.8 Å². The van der Waals surface area contributed by atoms with Crippen LogP contribution in [0.15, 0.2) is 123 Å². The van der Waals surface area contributed by atoms with Crippen LogP contribution in [0.4, 0.5) is 28.6 Å². The first-order valence-electron chi connectivity index (χ1n) is 23.6. The second-order valence-corrected chi connectivity index (χ2v) is 17.6. The Kier molecular flexibility index (Phi) is 17.1. The fourth-order valence-electron chi connectivity index (χ4n) is 7.06. The number of ketones is 2. The summed E-state index contributed by atoms with van der Waals surface area (Å²) in [6.07, 6.45) is 1.87. The van der Waals surface area contributed by atoms with E-state index < -0.39 is 58.8 Å². The monoisotopic (exact) mass is 1020 g/mol. The molecule has 0 aliphatic heterocycles. The van der Waals surface area contributed by atoms with E-state index in [-0.39, 0.29) is 92.0 Å². The van der Waals surface area contributed by atoms with Gasteiger partial charge in [0.1, 0.15) is 5.60 Å². The molecule has 4 aromatic heterocycles. The van der Waals surface area contributed by atoms with E-state index >= 15 is 0 Å². The summed E-state index contributed by atoms with van der Waals surface area (Å²) in [5.41, 5.74) is -2.56. The number of nitrogens with one attached hydrogen (secondary N) is 6. The maximum atomic E-state index is 14.0. The summed E-state index contributed by atoms with van der Waals surface area (Å²) < 4.78 is 8.94. The van der Waals surface area contributed by atoms with Crippen molar-refractivity contribution in [2.24, 2.45) is 0 Å². The van der Waals surface area contributed by atoms with Crippen LogP contribution in [0.3, 0.4) is 0 Å². The van der Waals surface area contributed by atoms with E-state index in [1.54, 1.807) is 112 Å². The topological polar surface area (TPSA) is 315 Å². The lowest BCUT2D eigenvalue weighted by atomic mass is 10.1. The van der Waals surface area contributed by atoms with Gasteiger partial charge in [0.05, 0.1) is 13.1 Å². The van der Waals surface area contributed by atoms with Crippen LogP contribution in [0, 0.1) is 13.8 Å². The predicted molar refractivity (Wildman–Crippen MR) is 277 cm³/mol. The van der Waals surface area contributed by atoms with E-state index in [1.807, 2.05) is 0 Å². The van der Waals surface area contributed by atoms with E-state index in [2.05, 4.69) is 61.8 Å². The van der Waals surface area contributed by atoms with Crippen LogP contribution in [0.25, 0.3) is 11.9 Å². The summed E-state index contributed by atoms with van der Waals surface area (Å²) in [4.78, 5) is 133. The molecular formula is C50H54N16O9. The van der Waals surface area contributed by atoms with Crippen LogP contribution in [0.5, 0.6) is 0 Å². The number of carbonyl (C=O) groups is 4. The van der Waals surface area contributed by atoms with Crippen LogP contribution < -0.4 is 54.4 Å². The number of Topliss-reactive ketones (excluding diaryl/α,β-unsaturated/α-hetero) is 2. The van der Waals surface area contributed by atoms with Gasteiger partial charge < -0.3 is 36.6 Å². The molecule has 6 N–H and O–H groups in total. The lowest BCUT2D eigenvalue weighted by Crippen LogP contribution is -2.42. The lowest BCUT2D eigenvalue weighted by Gasteiger charge is -2.19. The van der Waals surface area contributed by atoms with E-state index in [1.165, 1.54) is 26.2 Å². The summed E-state index contributed by atoms with van der Waals surface area (Å²) in [5, 5.41) is 17.6. The van der Waals surface area contributed by atoms with Gasteiger partial charge in [-0.05, 0) is 46.8 Å². The first kappa shape index (κ1) is 53.1. The number of alkyl carbamates (subject to hydrolysis) is 1. The maximum Gasteiger partial charge on any atom is 0.407 e. The minimum atomic E-state index is -0.896. The number of nitrogens with zero attached hydrogens (tertiary/aromatic N) is 10. The van der Waals surface area contributed by atoms with Gasteiger partial charge in [-0.1, -0.05) is 78.9 Å². The molecule has 0 saturated carbocycles. The fraction of sp³-hybridized carbons (Fsp3) is 0.280. The molecule has 0 bridgehead atoms. The minimum absolute atomic E-state index is 0.0152. The van der Waals surface area contributed by atoms with Gasteiger partial charge in [-0.2, -0.15) is 29.9 Å². The molecule has 0 atom stereocenters. The van der Waals surface area contributed by atoms with E-state index in [0.717, 1.165) is 18.3 Å². The Morgan fingerprint density at radius 2 is 0.827 bits per heavy atom. The highest BCUT2D eigenvalue weighted by molar-refractivity contribution is 5.96. The van der Waals surface area contributed by atoms with Crippen molar-refractivity contribution in [2.75, 3.05) is 60.5 Å². The molecule has 0 aliphatic rings. The smallest absolute Gasteiger partial charge is 0.407 e. The van der Waals surface area contributed by atoms with E-state index in [0.29, 0.717) is 16.7 Å². The number of hydrogen-bond donors (Lipinski definition) is 6. The van der Waals surface area contributed by atoms with Crippen molar-refractivity contribution < 1.29 is 23.9 Å². The highest BCUT2D eigenvalue weighted by Crippen LogP contribution is 2.12. The van der Waals surface area contributed by atoms with Gasteiger partial charge in [0.25, 0.3) is 17.0 Å². The number of aryl methyl sites for hydroxylation is 2. The third-order valence-corrected chi connectivity index (χ3v) is 10.7. The first-order valence-corrected chi connectivity index (χ1v) is 23.6. The van der Waals surface area contributed by atoms with E-state index in [4.69, 9.17) is 4.74 Å². The molecule has 75 heavy (non-hydrogen) atoms. The molecule has 0 aliphatic carbocycles. The third kappa shape index (κ3) is 14.3. The Bertz CT molecular complexity index is 3450. The van der Waals surface area contributed by atoms with Crippen LogP contribution in [0.1, 0.15) is 63.0 Å². The largest absolute Gasteiger partial charge is 0.444 e. The summed E-state index contributed by atoms with van der Waals surface area (Å²) in [7, 11) is 0. The van der Waals surface area contributed by atoms with Crippen molar-refractivity contribution in [2.45, 2.75) is 53.3 Å². The molecule has 4 heterocycles. The minimum Gasteiger partial charge on any atom is -0.444 e. The van der Waals surface area contributed by atoms with Gasteiger partial charge >= 0.3 is 17.5 Å². The molecule has 0 saturated heterocycles. The SMILES string of the molecule is Cc1cn(-c2nc(NCCNC(=O)OC(C)(C)C)nc(NCCNc3nc(NCCNC(=O)c4ccccc4)nc(-n4cc(C)c(=O)n(CC(=O)c5ccccc5)c4=O)n3)n2)c(=O)n(CC(=O)c2ccccc2)c1=O. The Hall–Kier alpha value is -9.68. The summed E-state index contributed by atoms with van der Waals surface area (Å²) >= 11 is 0. The molecule has 0 radical (unpaired) electrons. The number of anilines is 4.